The van der Waals surface area contributed by atoms with Gasteiger partial charge in [-0.3, -0.25) is 4.79 Å². The highest BCUT2D eigenvalue weighted by Crippen LogP contribution is 2.24. The molecule has 2 aliphatic rings. The van der Waals surface area contributed by atoms with Gasteiger partial charge in [0.05, 0.1) is 12.6 Å². The third-order valence-electron chi connectivity index (χ3n) is 4.39. The molecule has 0 aliphatic carbocycles. The van der Waals surface area contributed by atoms with Crippen molar-refractivity contribution in [3.8, 4) is 0 Å². The second-order valence-electron chi connectivity index (χ2n) is 6.38. The van der Waals surface area contributed by atoms with Crippen molar-refractivity contribution in [2.75, 3.05) is 44.1 Å². The molecule has 1 aromatic heterocycles. The van der Waals surface area contributed by atoms with Crippen LogP contribution in [0.4, 0.5) is 11.8 Å². The van der Waals surface area contributed by atoms with Crippen molar-refractivity contribution in [2.45, 2.75) is 37.8 Å². The molecule has 1 aromatic rings. The molecule has 0 saturated carbocycles. The van der Waals surface area contributed by atoms with Gasteiger partial charge in [-0.2, -0.15) is 4.98 Å². The number of carbonyl (C=O) groups is 1. The zero-order valence-corrected chi connectivity index (χ0v) is 13.9. The molecular weight excluding hydrogens is 294 g/mol. The van der Waals surface area contributed by atoms with Gasteiger partial charge in [0.25, 0.3) is 0 Å². The van der Waals surface area contributed by atoms with Crippen LogP contribution in [0.2, 0.25) is 0 Å². The summed E-state index contributed by atoms with van der Waals surface area (Å²) in [4.78, 5) is 25.0. The van der Waals surface area contributed by atoms with E-state index < -0.39 is 0 Å². The summed E-state index contributed by atoms with van der Waals surface area (Å²) in [6, 6.07) is 2.01. The molecule has 0 unspecified atom stereocenters. The molecule has 1 amide bonds. The number of rotatable bonds is 4. The van der Waals surface area contributed by atoms with Crippen LogP contribution in [0.3, 0.4) is 0 Å². The first-order valence-electron chi connectivity index (χ1n) is 8.30. The van der Waals surface area contributed by atoms with Gasteiger partial charge in [-0.1, -0.05) is 0 Å². The van der Waals surface area contributed by atoms with Crippen molar-refractivity contribution in [1.82, 2.24) is 14.9 Å². The van der Waals surface area contributed by atoms with Crippen LogP contribution in [0.25, 0.3) is 0 Å². The second kappa shape index (κ2) is 7.12. The Morgan fingerprint density at radius 2 is 2.26 bits per heavy atom. The SMILES string of the molecule is CN(C)C(=O)[C@H]1CCCN1c1nccc(N[C@@H]2CCCOC2)n1. The van der Waals surface area contributed by atoms with Crippen LogP contribution in [0.1, 0.15) is 25.7 Å². The Kier molecular flexibility index (Phi) is 4.95. The molecule has 0 aromatic carbocycles. The summed E-state index contributed by atoms with van der Waals surface area (Å²) in [5.74, 6) is 1.54. The summed E-state index contributed by atoms with van der Waals surface area (Å²) in [5, 5.41) is 3.41. The van der Waals surface area contributed by atoms with Crippen LogP contribution in [-0.4, -0.2) is 66.7 Å². The first kappa shape index (κ1) is 16.0. The summed E-state index contributed by atoms with van der Waals surface area (Å²) >= 11 is 0. The van der Waals surface area contributed by atoms with Crippen LogP contribution in [-0.2, 0) is 9.53 Å². The number of likely N-dealkylation sites (N-methyl/N-ethyl adjacent to an activating group) is 1. The summed E-state index contributed by atoms with van der Waals surface area (Å²) < 4.78 is 5.49. The highest BCUT2D eigenvalue weighted by Gasteiger charge is 2.33. The minimum atomic E-state index is -0.154. The lowest BCUT2D eigenvalue weighted by Crippen LogP contribution is -2.43. The summed E-state index contributed by atoms with van der Waals surface area (Å²) in [6.45, 7) is 2.38. The predicted octanol–water partition coefficient (Wildman–Crippen LogP) is 1.12. The van der Waals surface area contributed by atoms with E-state index in [-0.39, 0.29) is 11.9 Å². The van der Waals surface area contributed by atoms with E-state index in [1.807, 2.05) is 11.0 Å². The number of hydrogen-bond acceptors (Lipinski definition) is 6. The van der Waals surface area contributed by atoms with E-state index >= 15 is 0 Å². The van der Waals surface area contributed by atoms with Gasteiger partial charge in [-0.25, -0.2) is 4.98 Å². The average molecular weight is 319 g/mol. The number of hydrogen-bond donors (Lipinski definition) is 1. The summed E-state index contributed by atoms with van der Waals surface area (Å²) in [5.41, 5.74) is 0. The van der Waals surface area contributed by atoms with Crippen LogP contribution < -0.4 is 10.2 Å². The van der Waals surface area contributed by atoms with E-state index in [1.54, 1.807) is 25.2 Å². The number of ether oxygens (including phenoxy) is 1. The van der Waals surface area contributed by atoms with Crippen LogP contribution >= 0.6 is 0 Å². The quantitative estimate of drug-likeness (QED) is 0.897. The molecule has 0 radical (unpaired) electrons. The fourth-order valence-corrected chi connectivity index (χ4v) is 3.19. The normalized spacial score (nSPS) is 24.5. The van der Waals surface area contributed by atoms with Crippen molar-refractivity contribution in [1.29, 1.82) is 0 Å². The van der Waals surface area contributed by atoms with Crippen molar-refractivity contribution >= 4 is 17.7 Å². The van der Waals surface area contributed by atoms with E-state index in [0.717, 1.165) is 44.7 Å². The standard InChI is InChI=1S/C16H25N5O2/c1-20(2)15(22)13-6-3-9-21(13)16-17-8-7-14(19-16)18-12-5-4-10-23-11-12/h7-8,12-13H,3-6,9-11H2,1-2H3,(H,17,18,19)/t12-,13-/m1/s1. The van der Waals surface area contributed by atoms with Gasteiger partial charge in [-0.05, 0) is 31.7 Å². The Labute approximate surface area is 137 Å². The molecule has 0 spiro atoms. The van der Waals surface area contributed by atoms with Gasteiger partial charge in [0.2, 0.25) is 11.9 Å². The zero-order chi connectivity index (χ0) is 16.2. The molecule has 2 atom stereocenters. The van der Waals surface area contributed by atoms with Crippen molar-refractivity contribution in [2.24, 2.45) is 0 Å². The molecule has 3 rings (SSSR count). The maximum absolute atomic E-state index is 12.3. The topological polar surface area (TPSA) is 70.6 Å². The largest absolute Gasteiger partial charge is 0.379 e. The Morgan fingerprint density at radius 1 is 1.39 bits per heavy atom. The molecule has 1 N–H and O–H groups in total. The minimum absolute atomic E-state index is 0.116. The third kappa shape index (κ3) is 3.72. The van der Waals surface area contributed by atoms with Crippen LogP contribution in [0.5, 0.6) is 0 Å². The van der Waals surface area contributed by atoms with E-state index in [2.05, 4.69) is 15.3 Å². The van der Waals surface area contributed by atoms with E-state index in [1.165, 1.54) is 0 Å². The van der Waals surface area contributed by atoms with Crippen molar-refractivity contribution in [3.05, 3.63) is 12.3 Å². The van der Waals surface area contributed by atoms with E-state index in [0.29, 0.717) is 18.6 Å². The Hall–Kier alpha value is -1.89. The number of nitrogens with zero attached hydrogens (tertiary/aromatic N) is 4. The van der Waals surface area contributed by atoms with Gasteiger partial charge in [-0.15, -0.1) is 0 Å². The molecule has 126 valence electrons. The smallest absolute Gasteiger partial charge is 0.244 e. The first-order chi connectivity index (χ1) is 11.1. The van der Waals surface area contributed by atoms with Gasteiger partial charge in [0, 0.05) is 33.4 Å². The molecule has 3 heterocycles. The monoisotopic (exact) mass is 319 g/mol. The Morgan fingerprint density at radius 3 is 3.00 bits per heavy atom. The van der Waals surface area contributed by atoms with Crippen molar-refractivity contribution < 1.29 is 9.53 Å². The highest BCUT2D eigenvalue weighted by atomic mass is 16.5. The number of carbonyl (C=O) groups excluding carboxylic acids is 1. The van der Waals surface area contributed by atoms with Gasteiger partial charge in [0.1, 0.15) is 11.9 Å². The number of anilines is 2. The number of nitrogens with one attached hydrogen (secondary N) is 1. The minimum Gasteiger partial charge on any atom is -0.379 e. The predicted molar refractivity (Wildman–Crippen MR) is 88.6 cm³/mol. The molecule has 7 nitrogen and oxygen atoms in total. The molecule has 2 fully saturated rings. The molecule has 2 saturated heterocycles. The maximum atomic E-state index is 12.3. The molecule has 0 bridgehead atoms. The lowest BCUT2D eigenvalue weighted by atomic mass is 10.1. The average Bonchev–Trinajstić information content (AvgIpc) is 3.05. The lowest BCUT2D eigenvalue weighted by molar-refractivity contribution is -0.129. The van der Waals surface area contributed by atoms with Gasteiger partial charge in [0.15, 0.2) is 0 Å². The van der Waals surface area contributed by atoms with Gasteiger partial charge >= 0.3 is 0 Å². The third-order valence-corrected chi connectivity index (χ3v) is 4.39. The highest BCUT2D eigenvalue weighted by molar-refractivity contribution is 5.85. The Balaban J connectivity index is 1.72. The van der Waals surface area contributed by atoms with Crippen LogP contribution in [0.15, 0.2) is 12.3 Å². The van der Waals surface area contributed by atoms with E-state index in [4.69, 9.17) is 4.74 Å². The summed E-state index contributed by atoms with van der Waals surface area (Å²) in [7, 11) is 3.58. The number of amides is 1. The molecule has 7 heteroatoms. The Bertz CT molecular complexity index is 545. The maximum Gasteiger partial charge on any atom is 0.244 e. The lowest BCUT2D eigenvalue weighted by Gasteiger charge is -2.27. The zero-order valence-electron chi connectivity index (χ0n) is 13.9. The molecule has 23 heavy (non-hydrogen) atoms. The first-order valence-corrected chi connectivity index (χ1v) is 8.30. The van der Waals surface area contributed by atoms with Crippen molar-refractivity contribution in [3.63, 3.8) is 0 Å². The molecule has 2 aliphatic heterocycles. The number of aromatic nitrogens is 2. The second-order valence-corrected chi connectivity index (χ2v) is 6.38. The summed E-state index contributed by atoms with van der Waals surface area (Å²) in [6.07, 6.45) is 5.76. The van der Waals surface area contributed by atoms with Crippen LogP contribution in [0, 0.1) is 0 Å². The van der Waals surface area contributed by atoms with E-state index in [9.17, 15) is 4.79 Å². The fraction of sp³-hybridized carbons (Fsp3) is 0.688. The molecular formula is C16H25N5O2. The van der Waals surface area contributed by atoms with Gasteiger partial charge < -0.3 is 19.9 Å². The fourth-order valence-electron chi connectivity index (χ4n) is 3.19.